The quantitative estimate of drug-likeness (QED) is 0.466. The van der Waals surface area contributed by atoms with Crippen molar-refractivity contribution in [2.75, 3.05) is 7.11 Å². The molecule has 1 aliphatic rings. The number of ether oxygens (including phenoxy) is 3. The normalized spacial score (nSPS) is 14.8. The molecule has 0 amide bonds. The van der Waals surface area contributed by atoms with Gasteiger partial charge < -0.3 is 14.2 Å². The van der Waals surface area contributed by atoms with Gasteiger partial charge in [0, 0.05) is 17.5 Å². The molecule has 0 spiro atoms. The monoisotopic (exact) mass is 371 g/mol. The molecule has 132 valence electrons. The Balaban J connectivity index is 1.94. The molecule has 0 saturated carbocycles. The fourth-order valence-corrected chi connectivity index (χ4v) is 2.52. The number of rotatable bonds is 4. The van der Waals surface area contributed by atoms with Gasteiger partial charge in [-0.3, -0.25) is 4.79 Å². The lowest BCUT2D eigenvalue weighted by Gasteiger charge is -2.08. The fourth-order valence-electron chi connectivity index (χ4n) is 2.33. The minimum atomic E-state index is -0.579. The van der Waals surface area contributed by atoms with Crippen molar-refractivity contribution < 1.29 is 23.8 Å². The van der Waals surface area contributed by atoms with Gasteiger partial charge in [-0.2, -0.15) is 0 Å². The second kappa shape index (κ2) is 7.41. The summed E-state index contributed by atoms with van der Waals surface area (Å²) >= 11 is 5.95. The van der Waals surface area contributed by atoms with E-state index in [1.54, 1.807) is 42.5 Å². The third kappa shape index (κ3) is 3.92. The highest BCUT2D eigenvalue weighted by Gasteiger charge is 2.24. The van der Waals surface area contributed by atoms with Gasteiger partial charge in [0.2, 0.25) is 5.90 Å². The summed E-state index contributed by atoms with van der Waals surface area (Å²) in [4.78, 5) is 27.5. The van der Waals surface area contributed by atoms with Gasteiger partial charge >= 0.3 is 11.9 Å². The molecule has 1 heterocycles. The third-order valence-corrected chi connectivity index (χ3v) is 3.67. The average Bonchev–Trinajstić information content (AvgIpc) is 2.95. The molecule has 0 unspecified atom stereocenters. The summed E-state index contributed by atoms with van der Waals surface area (Å²) < 4.78 is 15.5. The van der Waals surface area contributed by atoms with E-state index in [0.29, 0.717) is 21.9 Å². The maximum absolute atomic E-state index is 12.1. The Morgan fingerprint density at radius 3 is 2.69 bits per heavy atom. The van der Waals surface area contributed by atoms with Crippen molar-refractivity contribution in [2.24, 2.45) is 4.99 Å². The Labute approximate surface area is 154 Å². The number of hydrogen-bond acceptors (Lipinski definition) is 6. The first-order valence-corrected chi connectivity index (χ1v) is 7.99. The van der Waals surface area contributed by atoms with E-state index < -0.39 is 11.9 Å². The van der Waals surface area contributed by atoms with Gasteiger partial charge in [0.25, 0.3) is 0 Å². The molecule has 6 nitrogen and oxygen atoms in total. The highest BCUT2D eigenvalue weighted by molar-refractivity contribution is 6.31. The van der Waals surface area contributed by atoms with Gasteiger partial charge in [0.15, 0.2) is 17.2 Å². The van der Waals surface area contributed by atoms with Gasteiger partial charge in [-0.05, 0) is 42.0 Å². The molecule has 1 aliphatic heterocycles. The molecule has 0 atom stereocenters. The lowest BCUT2D eigenvalue weighted by atomic mass is 10.1. The molecule has 7 heteroatoms. The van der Waals surface area contributed by atoms with Crippen molar-refractivity contribution in [3.05, 3.63) is 64.3 Å². The lowest BCUT2D eigenvalue weighted by Crippen LogP contribution is -2.05. The molecule has 26 heavy (non-hydrogen) atoms. The Morgan fingerprint density at radius 1 is 1.19 bits per heavy atom. The molecule has 2 aromatic carbocycles. The molecule has 3 rings (SSSR count). The van der Waals surface area contributed by atoms with Gasteiger partial charge in [0.05, 0.1) is 7.11 Å². The largest absolute Gasteiger partial charge is 0.493 e. The number of hydrogen-bond donors (Lipinski definition) is 0. The smallest absolute Gasteiger partial charge is 0.363 e. The minimum Gasteiger partial charge on any atom is -0.493 e. The number of benzene rings is 2. The SMILES string of the molecule is COc1ccc(C=C2N=C(c3cccc(Cl)c3)OC2=O)cc1OC(C)=O. The molecule has 2 aromatic rings. The van der Waals surface area contributed by atoms with E-state index in [1.807, 2.05) is 0 Å². The van der Waals surface area contributed by atoms with Crippen LogP contribution >= 0.6 is 11.6 Å². The zero-order chi connectivity index (χ0) is 18.7. The predicted octanol–water partition coefficient (Wildman–Crippen LogP) is 3.62. The Bertz CT molecular complexity index is 949. The predicted molar refractivity (Wildman–Crippen MR) is 96.4 cm³/mol. The van der Waals surface area contributed by atoms with E-state index >= 15 is 0 Å². The number of halogens is 1. The zero-order valence-corrected chi connectivity index (χ0v) is 14.7. The summed E-state index contributed by atoms with van der Waals surface area (Å²) in [7, 11) is 1.47. The van der Waals surface area contributed by atoms with E-state index in [0.717, 1.165) is 0 Å². The highest BCUT2D eigenvalue weighted by atomic mass is 35.5. The van der Waals surface area contributed by atoms with Crippen molar-refractivity contribution in [3.63, 3.8) is 0 Å². The standard InChI is InChI=1S/C19H14ClNO5/c1-11(22)25-17-9-12(6-7-16(17)24-2)8-15-19(23)26-18(21-15)13-4-3-5-14(20)10-13/h3-10H,1-2H3. The first kappa shape index (κ1) is 17.7. The molecule has 0 radical (unpaired) electrons. The van der Waals surface area contributed by atoms with Crippen LogP contribution in [0.5, 0.6) is 11.5 Å². The molecular formula is C19H14ClNO5. The van der Waals surface area contributed by atoms with Crippen LogP contribution in [0, 0.1) is 0 Å². The van der Waals surface area contributed by atoms with Crippen molar-refractivity contribution >= 4 is 35.5 Å². The summed E-state index contributed by atoms with van der Waals surface area (Å²) in [6.07, 6.45) is 1.53. The average molecular weight is 372 g/mol. The molecular weight excluding hydrogens is 358 g/mol. The van der Waals surface area contributed by atoms with Gasteiger partial charge in [-0.1, -0.05) is 23.7 Å². The van der Waals surface area contributed by atoms with Crippen molar-refractivity contribution in [1.29, 1.82) is 0 Å². The summed E-state index contributed by atoms with van der Waals surface area (Å²) in [5, 5.41) is 0.514. The highest BCUT2D eigenvalue weighted by Crippen LogP contribution is 2.30. The summed E-state index contributed by atoms with van der Waals surface area (Å²) in [6.45, 7) is 1.29. The van der Waals surface area contributed by atoms with Crippen LogP contribution in [0.25, 0.3) is 6.08 Å². The first-order valence-electron chi connectivity index (χ1n) is 7.61. The second-order valence-electron chi connectivity index (χ2n) is 5.35. The molecule has 0 N–H and O–H groups in total. The number of esters is 2. The van der Waals surface area contributed by atoms with Gasteiger partial charge in [-0.25, -0.2) is 9.79 Å². The Morgan fingerprint density at radius 2 is 2.00 bits per heavy atom. The van der Waals surface area contributed by atoms with Gasteiger partial charge in [-0.15, -0.1) is 0 Å². The van der Waals surface area contributed by atoms with Crippen LogP contribution in [0.3, 0.4) is 0 Å². The van der Waals surface area contributed by atoms with Crippen LogP contribution in [0.1, 0.15) is 18.1 Å². The second-order valence-corrected chi connectivity index (χ2v) is 5.79. The van der Waals surface area contributed by atoms with Crippen LogP contribution in [0.15, 0.2) is 53.2 Å². The fraction of sp³-hybridized carbons (Fsp3) is 0.105. The third-order valence-electron chi connectivity index (χ3n) is 3.44. The Kier molecular flexibility index (Phi) is 5.04. The molecule has 0 bridgehead atoms. The number of nitrogens with zero attached hydrogens (tertiary/aromatic N) is 1. The molecule has 0 fully saturated rings. The summed E-state index contributed by atoms with van der Waals surface area (Å²) in [5.74, 6) is -0.226. The van der Waals surface area contributed by atoms with Crippen molar-refractivity contribution in [1.82, 2.24) is 0 Å². The van der Waals surface area contributed by atoms with E-state index in [4.69, 9.17) is 25.8 Å². The van der Waals surface area contributed by atoms with Crippen LogP contribution in [0.4, 0.5) is 0 Å². The molecule has 0 saturated heterocycles. The van der Waals surface area contributed by atoms with Crippen LogP contribution in [-0.2, 0) is 14.3 Å². The van der Waals surface area contributed by atoms with E-state index in [1.165, 1.54) is 20.1 Å². The lowest BCUT2D eigenvalue weighted by molar-refractivity contribution is -0.132. The molecule has 0 aromatic heterocycles. The number of carbonyl (C=O) groups is 2. The first-order chi connectivity index (χ1) is 12.5. The van der Waals surface area contributed by atoms with Crippen molar-refractivity contribution in [2.45, 2.75) is 6.92 Å². The maximum Gasteiger partial charge on any atom is 0.363 e. The van der Waals surface area contributed by atoms with E-state index in [2.05, 4.69) is 4.99 Å². The van der Waals surface area contributed by atoms with E-state index in [9.17, 15) is 9.59 Å². The zero-order valence-electron chi connectivity index (χ0n) is 14.0. The van der Waals surface area contributed by atoms with Crippen LogP contribution in [-0.4, -0.2) is 24.9 Å². The number of methoxy groups -OCH3 is 1. The maximum atomic E-state index is 12.1. The summed E-state index contributed by atoms with van der Waals surface area (Å²) in [5.41, 5.74) is 1.33. The Hall–Kier alpha value is -3.12. The molecule has 0 aliphatic carbocycles. The topological polar surface area (TPSA) is 74.2 Å². The van der Waals surface area contributed by atoms with Gasteiger partial charge in [0.1, 0.15) is 0 Å². The minimum absolute atomic E-state index is 0.124. The number of aliphatic imine (C=N–C) groups is 1. The van der Waals surface area contributed by atoms with Crippen molar-refractivity contribution in [3.8, 4) is 11.5 Å². The van der Waals surface area contributed by atoms with Crippen LogP contribution in [0.2, 0.25) is 5.02 Å². The van der Waals surface area contributed by atoms with E-state index in [-0.39, 0.29) is 17.3 Å². The number of cyclic esters (lactones) is 1. The van der Waals surface area contributed by atoms with Crippen LogP contribution < -0.4 is 9.47 Å². The summed E-state index contributed by atoms with van der Waals surface area (Å²) in [6, 6.07) is 11.8. The number of carbonyl (C=O) groups excluding carboxylic acids is 2.